The van der Waals surface area contributed by atoms with Gasteiger partial charge in [0.15, 0.2) is 0 Å². The van der Waals surface area contributed by atoms with Gasteiger partial charge in [0.05, 0.1) is 6.10 Å². The SMILES string of the molecule is CC1(C(=O)O)CC(O)CN1.c1ccncc1. The van der Waals surface area contributed by atoms with Gasteiger partial charge < -0.3 is 10.2 Å². The fraction of sp³-hybridized carbons (Fsp3) is 0.455. The standard InChI is InChI=1S/C6H11NO3.C5H5N/c1-6(5(9)10)2-4(8)3-7-6;1-2-4-6-5-3-1/h4,7-8H,2-3H2,1H3,(H,9,10);1-5H. The van der Waals surface area contributed by atoms with Gasteiger partial charge in [0, 0.05) is 25.4 Å². The fourth-order valence-corrected chi connectivity index (χ4v) is 1.43. The van der Waals surface area contributed by atoms with Crippen LogP contribution >= 0.6 is 0 Å². The van der Waals surface area contributed by atoms with Crippen molar-refractivity contribution in [3.05, 3.63) is 30.6 Å². The second-order valence-electron chi connectivity index (χ2n) is 3.90. The molecule has 0 aromatic carbocycles. The second kappa shape index (κ2) is 5.58. The van der Waals surface area contributed by atoms with Crippen LogP contribution in [0.15, 0.2) is 30.6 Å². The molecular weight excluding hydrogens is 208 g/mol. The van der Waals surface area contributed by atoms with Crippen molar-refractivity contribution >= 4 is 5.97 Å². The van der Waals surface area contributed by atoms with Gasteiger partial charge in [0.2, 0.25) is 0 Å². The summed E-state index contributed by atoms with van der Waals surface area (Å²) in [5.41, 5.74) is -0.917. The molecule has 1 saturated heterocycles. The number of carboxylic acid groups (broad SMARTS) is 1. The molecule has 2 heterocycles. The van der Waals surface area contributed by atoms with Crippen molar-refractivity contribution < 1.29 is 15.0 Å². The molecule has 0 spiro atoms. The maximum atomic E-state index is 10.5. The molecular formula is C11H16N2O3. The molecule has 0 aliphatic carbocycles. The van der Waals surface area contributed by atoms with Crippen molar-refractivity contribution in [2.45, 2.75) is 25.0 Å². The van der Waals surface area contributed by atoms with Crippen LogP contribution in [-0.4, -0.2) is 39.4 Å². The predicted molar refractivity (Wildman–Crippen MR) is 58.9 cm³/mol. The smallest absolute Gasteiger partial charge is 0.323 e. The van der Waals surface area contributed by atoms with E-state index in [1.165, 1.54) is 0 Å². The first-order chi connectivity index (χ1) is 7.54. The molecule has 5 nitrogen and oxygen atoms in total. The highest BCUT2D eigenvalue weighted by Gasteiger charge is 2.40. The van der Waals surface area contributed by atoms with Crippen LogP contribution in [0.1, 0.15) is 13.3 Å². The molecule has 1 aromatic heterocycles. The number of pyridine rings is 1. The van der Waals surface area contributed by atoms with Crippen LogP contribution in [0, 0.1) is 0 Å². The molecule has 0 saturated carbocycles. The number of β-amino-alcohol motifs (C(OH)–C–C–N with tert-alkyl or cyclic N) is 1. The molecule has 1 aromatic rings. The number of aromatic nitrogens is 1. The third kappa shape index (κ3) is 3.60. The largest absolute Gasteiger partial charge is 0.480 e. The first-order valence-electron chi connectivity index (χ1n) is 5.06. The maximum Gasteiger partial charge on any atom is 0.323 e. The van der Waals surface area contributed by atoms with Gasteiger partial charge in [-0.3, -0.25) is 15.1 Å². The third-order valence-electron chi connectivity index (χ3n) is 2.41. The summed E-state index contributed by atoms with van der Waals surface area (Å²) < 4.78 is 0. The monoisotopic (exact) mass is 224 g/mol. The number of hydrogen-bond donors (Lipinski definition) is 3. The lowest BCUT2D eigenvalue weighted by atomic mass is 10.0. The topological polar surface area (TPSA) is 82.5 Å². The quantitative estimate of drug-likeness (QED) is 0.637. The van der Waals surface area contributed by atoms with Gasteiger partial charge >= 0.3 is 5.97 Å². The molecule has 0 bridgehead atoms. The van der Waals surface area contributed by atoms with Crippen molar-refractivity contribution in [3.8, 4) is 0 Å². The van der Waals surface area contributed by atoms with Crippen LogP contribution < -0.4 is 5.32 Å². The van der Waals surface area contributed by atoms with Gasteiger partial charge in [0.25, 0.3) is 0 Å². The van der Waals surface area contributed by atoms with Crippen molar-refractivity contribution in [3.63, 3.8) is 0 Å². The van der Waals surface area contributed by atoms with E-state index in [0.717, 1.165) is 0 Å². The average Bonchev–Trinajstić information content (AvgIpc) is 2.64. The van der Waals surface area contributed by atoms with Crippen LogP contribution in [0.5, 0.6) is 0 Å². The molecule has 1 aliphatic heterocycles. The van der Waals surface area contributed by atoms with Crippen LogP contribution in [0.3, 0.4) is 0 Å². The van der Waals surface area contributed by atoms with E-state index in [0.29, 0.717) is 13.0 Å². The second-order valence-corrected chi connectivity index (χ2v) is 3.90. The summed E-state index contributed by atoms with van der Waals surface area (Å²) >= 11 is 0. The average molecular weight is 224 g/mol. The van der Waals surface area contributed by atoms with Crippen LogP contribution in [0.25, 0.3) is 0 Å². The van der Waals surface area contributed by atoms with Crippen molar-refractivity contribution in [2.24, 2.45) is 0 Å². The predicted octanol–water partition coefficient (Wildman–Crippen LogP) is 0.265. The number of aliphatic hydroxyl groups excluding tert-OH is 1. The zero-order valence-electron chi connectivity index (χ0n) is 9.13. The van der Waals surface area contributed by atoms with Gasteiger partial charge in [-0.2, -0.15) is 0 Å². The fourth-order valence-electron chi connectivity index (χ4n) is 1.43. The van der Waals surface area contributed by atoms with E-state index in [1.54, 1.807) is 19.3 Å². The first-order valence-corrected chi connectivity index (χ1v) is 5.06. The van der Waals surface area contributed by atoms with E-state index < -0.39 is 17.6 Å². The molecule has 0 amide bonds. The molecule has 2 atom stereocenters. The summed E-state index contributed by atoms with van der Waals surface area (Å²) in [4.78, 5) is 14.3. The van der Waals surface area contributed by atoms with E-state index in [2.05, 4.69) is 10.3 Å². The minimum absolute atomic E-state index is 0.294. The number of carboxylic acids is 1. The number of aliphatic carboxylic acids is 1. The minimum atomic E-state index is -0.917. The normalized spacial score (nSPS) is 28.0. The van der Waals surface area contributed by atoms with E-state index in [-0.39, 0.29) is 0 Å². The third-order valence-corrected chi connectivity index (χ3v) is 2.41. The number of hydrogen-bond acceptors (Lipinski definition) is 4. The summed E-state index contributed by atoms with van der Waals surface area (Å²) in [6.45, 7) is 1.95. The lowest BCUT2D eigenvalue weighted by Gasteiger charge is -2.16. The zero-order chi connectivity index (χ0) is 12.0. The molecule has 0 radical (unpaired) electrons. The number of carbonyl (C=O) groups is 1. The molecule has 2 unspecified atom stereocenters. The molecule has 88 valence electrons. The number of aliphatic hydroxyl groups is 1. The Balaban J connectivity index is 0.000000181. The van der Waals surface area contributed by atoms with E-state index in [9.17, 15) is 4.79 Å². The molecule has 16 heavy (non-hydrogen) atoms. The summed E-state index contributed by atoms with van der Waals surface area (Å²) in [6.07, 6.45) is 3.28. The summed E-state index contributed by atoms with van der Waals surface area (Å²) in [6, 6.07) is 5.72. The zero-order valence-corrected chi connectivity index (χ0v) is 9.13. The Hall–Kier alpha value is -1.46. The van der Waals surface area contributed by atoms with Crippen molar-refractivity contribution in [1.82, 2.24) is 10.3 Å². The van der Waals surface area contributed by atoms with E-state index in [4.69, 9.17) is 10.2 Å². The van der Waals surface area contributed by atoms with Crippen LogP contribution in [-0.2, 0) is 4.79 Å². The highest BCUT2D eigenvalue weighted by molar-refractivity contribution is 5.78. The van der Waals surface area contributed by atoms with E-state index >= 15 is 0 Å². The van der Waals surface area contributed by atoms with Gasteiger partial charge in [-0.25, -0.2) is 0 Å². The molecule has 1 fully saturated rings. The van der Waals surface area contributed by atoms with Crippen LogP contribution in [0.2, 0.25) is 0 Å². The summed E-state index contributed by atoms with van der Waals surface area (Å²) in [5.74, 6) is -0.899. The summed E-state index contributed by atoms with van der Waals surface area (Å²) in [5, 5.41) is 20.3. The molecule has 3 N–H and O–H groups in total. The Morgan fingerprint density at radius 2 is 2.06 bits per heavy atom. The maximum absolute atomic E-state index is 10.5. The lowest BCUT2D eigenvalue weighted by molar-refractivity contribution is -0.143. The van der Waals surface area contributed by atoms with Gasteiger partial charge in [-0.05, 0) is 19.1 Å². The Bertz CT molecular complexity index is 305. The first kappa shape index (κ1) is 12.6. The van der Waals surface area contributed by atoms with Gasteiger partial charge in [-0.15, -0.1) is 0 Å². The number of nitrogens with one attached hydrogen (secondary N) is 1. The van der Waals surface area contributed by atoms with Crippen molar-refractivity contribution in [1.29, 1.82) is 0 Å². The molecule has 1 aliphatic rings. The highest BCUT2D eigenvalue weighted by atomic mass is 16.4. The molecule has 2 rings (SSSR count). The van der Waals surface area contributed by atoms with Crippen molar-refractivity contribution in [2.75, 3.05) is 6.54 Å². The Morgan fingerprint density at radius 3 is 2.25 bits per heavy atom. The molecule has 5 heteroatoms. The Kier molecular flexibility index (Phi) is 4.39. The number of nitrogens with zero attached hydrogens (tertiary/aromatic N) is 1. The number of rotatable bonds is 1. The van der Waals surface area contributed by atoms with Gasteiger partial charge in [-0.1, -0.05) is 6.07 Å². The minimum Gasteiger partial charge on any atom is -0.480 e. The highest BCUT2D eigenvalue weighted by Crippen LogP contribution is 2.18. The summed E-state index contributed by atoms with van der Waals surface area (Å²) in [7, 11) is 0. The van der Waals surface area contributed by atoms with E-state index in [1.807, 2.05) is 18.2 Å². The van der Waals surface area contributed by atoms with Gasteiger partial charge in [0.1, 0.15) is 5.54 Å². The Labute approximate surface area is 94.1 Å². The Morgan fingerprint density at radius 1 is 1.44 bits per heavy atom. The lowest BCUT2D eigenvalue weighted by Crippen LogP contribution is -2.44. The van der Waals surface area contributed by atoms with Crippen LogP contribution in [0.4, 0.5) is 0 Å².